The van der Waals surface area contributed by atoms with E-state index in [1.807, 2.05) is 14.1 Å². The smallest absolute Gasteiger partial charge is 0.342 e. The summed E-state index contributed by atoms with van der Waals surface area (Å²) in [6.07, 6.45) is 1.70. The number of hydrogen-bond acceptors (Lipinski definition) is 3. The molecule has 0 aliphatic carbocycles. The predicted octanol–water partition coefficient (Wildman–Crippen LogP) is 3.84. The Labute approximate surface area is 127 Å². The number of carbonyl (C=O) groups excluding carboxylic acids is 1. The van der Waals surface area contributed by atoms with Crippen LogP contribution in [0.4, 0.5) is 5.82 Å². The van der Waals surface area contributed by atoms with Gasteiger partial charge in [0, 0.05) is 41.5 Å². The third-order valence-electron chi connectivity index (χ3n) is 2.93. The van der Waals surface area contributed by atoms with Crippen LogP contribution in [0.15, 0.2) is 24.4 Å². The van der Waals surface area contributed by atoms with Crippen LogP contribution in [0.5, 0.6) is 0 Å². The van der Waals surface area contributed by atoms with E-state index in [9.17, 15) is 4.79 Å². The molecular formula is C14H14Cl2N2O2. The standard InChI is InChI=1S/C14H14Cl2N2O2/c1-18(2)13-12(14(19)20-3)8(7-17-13)11-9(15)5-4-6-10(11)16/h4-7,17H,1-3H3. The first kappa shape index (κ1) is 14.8. The summed E-state index contributed by atoms with van der Waals surface area (Å²) in [5.74, 6) is 0.198. The van der Waals surface area contributed by atoms with Gasteiger partial charge in [0.2, 0.25) is 0 Å². The van der Waals surface area contributed by atoms with Crippen LogP contribution in [0, 0.1) is 0 Å². The molecule has 0 saturated heterocycles. The van der Waals surface area contributed by atoms with Gasteiger partial charge in [0.05, 0.1) is 7.11 Å². The number of hydrogen-bond donors (Lipinski definition) is 1. The lowest BCUT2D eigenvalue weighted by molar-refractivity contribution is 0.0602. The molecule has 2 rings (SSSR count). The van der Waals surface area contributed by atoms with Crippen molar-refractivity contribution >= 4 is 35.0 Å². The van der Waals surface area contributed by atoms with Crippen LogP contribution in [0.2, 0.25) is 10.0 Å². The summed E-state index contributed by atoms with van der Waals surface area (Å²) in [4.78, 5) is 16.9. The Balaban J connectivity index is 2.72. The quantitative estimate of drug-likeness (QED) is 0.876. The highest BCUT2D eigenvalue weighted by Crippen LogP contribution is 2.39. The maximum absolute atomic E-state index is 12.1. The van der Waals surface area contributed by atoms with E-state index in [0.29, 0.717) is 32.6 Å². The second-order valence-electron chi connectivity index (χ2n) is 4.41. The van der Waals surface area contributed by atoms with Gasteiger partial charge in [-0.3, -0.25) is 0 Å². The zero-order valence-corrected chi connectivity index (χ0v) is 12.8. The average molecular weight is 313 g/mol. The van der Waals surface area contributed by atoms with Crippen LogP contribution in [0.25, 0.3) is 11.1 Å². The van der Waals surface area contributed by atoms with Gasteiger partial charge in [0.1, 0.15) is 11.4 Å². The second-order valence-corrected chi connectivity index (χ2v) is 5.22. The fourth-order valence-corrected chi connectivity index (χ4v) is 2.63. The van der Waals surface area contributed by atoms with Crippen LogP contribution >= 0.6 is 23.2 Å². The number of esters is 1. The van der Waals surface area contributed by atoms with E-state index in [-0.39, 0.29) is 0 Å². The molecule has 0 atom stereocenters. The summed E-state index contributed by atoms with van der Waals surface area (Å²) >= 11 is 12.4. The Morgan fingerprint density at radius 3 is 2.35 bits per heavy atom. The summed E-state index contributed by atoms with van der Waals surface area (Å²) in [7, 11) is 5.00. The third kappa shape index (κ3) is 2.49. The maximum Gasteiger partial charge on any atom is 0.342 e. The minimum atomic E-state index is -0.444. The monoisotopic (exact) mass is 312 g/mol. The highest BCUT2D eigenvalue weighted by molar-refractivity contribution is 6.39. The maximum atomic E-state index is 12.1. The number of anilines is 1. The Kier molecular flexibility index (Phi) is 4.26. The van der Waals surface area contributed by atoms with Crippen LogP contribution in [-0.4, -0.2) is 32.2 Å². The molecule has 1 aromatic carbocycles. The van der Waals surface area contributed by atoms with Crippen molar-refractivity contribution in [1.29, 1.82) is 0 Å². The molecule has 0 unspecified atom stereocenters. The molecular weight excluding hydrogens is 299 g/mol. The molecule has 20 heavy (non-hydrogen) atoms. The van der Waals surface area contributed by atoms with E-state index < -0.39 is 5.97 Å². The van der Waals surface area contributed by atoms with Crippen LogP contribution in [0.1, 0.15) is 10.4 Å². The number of methoxy groups -OCH3 is 1. The molecule has 0 saturated carbocycles. The molecule has 6 heteroatoms. The molecule has 0 amide bonds. The molecule has 1 N–H and O–H groups in total. The van der Waals surface area contributed by atoms with Crippen molar-refractivity contribution in [2.24, 2.45) is 0 Å². The van der Waals surface area contributed by atoms with Crippen molar-refractivity contribution in [3.05, 3.63) is 40.0 Å². The van der Waals surface area contributed by atoms with E-state index in [0.717, 1.165) is 0 Å². The number of carbonyl (C=O) groups is 1. The Bertz CT molecular complexity index is 630. The molecule has 0 spiro atoms. The first-order valence-corrected chi connectivity index (χ1v) is 6.64. The molecule has 106 valence electrons. The molecule has 0 bridgehead atoms. The van der Waals surface area contributed by atoms with Crippen LogP contribution in [0.3, 0.4) is 0 Å². The highest BCUT2D eigenvalue weighted by Gasteiger charge is 2.24. The summed E-state index contributed by atoms with van der Waals surface area (Å²) in [6.45, 7) is 0. The normalized spacial score (nSPS) is 10.4. The molecule has 4 nitrogen and oxygen atoms in total. The average Bonchev–Trinajstić information content (AvgIpc) is 2.82. The third-order valence-corrected chi connectivity index (χ3v) is 3.56. The number of benzene rings is 1. The number of halogens is 2. The molecule has 2 aromatic rings. The molecule has 0 radical (unpaired) electrons. The molecule has 1 aromatic heterocycles. The Morgan fingerprint density at radius 2 is 1.85 bits per heavy atom. The fourth-order valence-electron chi connectivity index (χ4n) is 2.03. The lowest BCUT2D eigenvalue weighted by Gasteiger charge is -2.13. The Morgan fingerprint density at radius 1 is 1.25 bits per heavy atom. The van der Waals surface area contributed by atoms with E-state index in [4.69, 9.17) is 27.9 Å². The van der Waals surface area contributed by atoms with E-state index in [1.54, 1.807) is 29.3 Å². The molecule has 1 heterocycles. The first-order valence-electron chi connectivity index (χ1n) is 5.88. The van der Waals surface area contributed by atoms with Crippen LogP contribution in [-0.2, 0) is 4.74 Å². The van der Waals surface area contributed by atoms with E-state index >= 15 is 0 Å². The molecule has 0 aliphatic heterocycles. The van der Waals surface area contributed by atoms with Gasteiger partial charge in [0.15, 0.2) is 0 Å². The van der Waals surface area contributed by atoms with Gasteiger partial charge in [0.25, 0.3) is 0 Å². The van der Waals surface area contributed by atoms with Crippen molar-refractivity contribution in [3.63, 3.8) is 0 Å². The summed E-state index contributed by atoms with van der Waals surface area (Å²) in [5.41, 5.74) is 1.64. The number of aromatic nitrogens is 1. The largest absolute Gasteiger partial charge is 0.465 e. The number of ether oxygens (including phenoxy) is 1. The fraction of sp³-hybridized carbons (Fsp3) is 0.214. The topological polar surface area (TPSA) is 45.3 Å². The van der Waals surface area contributed by atoms with Gasteiger partial charge in [-0.2, -0.15) is 0 Å². The SMILES string of the molecule is COC(=O)c1c(-c2c(Cl)cccc2Cl)c[nH]c1N(C)C. The first-order chi connectivity index (χ1) is 9.47. The van der Waals surface area contributed by atoms with Crippen molar-refractivity contribution < 1.29 is 9.53 Å². The summed E-state index contributed by atoms with van der Waals surface area (Å²) in [5, 5.41) is 0.957. The predicted molar refractivity (Wildman–Crippen MR) is 81.9 cm³/mol. The van der Waals surface area contributed by atoms with Gasteiger partial charge in [-0.05, 0) is 12.1 Å². The summed E-state index contributed by atoms with van der Waals surface area (Å²) < 4.78 is 4.86. The van der Waals surface area contributed by atoms with E-state index in [1.165, 1.54) is 7.11 Å². The van der Waals surface area contributed by atoms with Crippen molar-refractivity contribution in [2.45, 2.75) is 0 Å². The van der Waals surface area contributed by atoms with Crippen LogP contribution < -0.4 is 4.90 Å². The van der Waals surface area contributed by atoms with E-state index in [2.05, 4.69) is 4.98 Å². The Hall–Kier alpha value is -1.65. The summed E-state index contributed by atoms with van der Waals surface area (Å²) in [6, 6.07) is 5.21. The van der Waals surface area contributed by atoms with Crippen molar-refractivity contribution in [1.82, 2.24) is 4.98 Å². The highest BCUT2D eigenvalue weighted by atomic mass is 35.5. The van der Waals surface area contributed by atoms with Gasteiger partial charge in [-0.15, -0.1) is 0 Å². The lowest BCUT2D eigenvalue weighted by Crippen LogP contribution is -2.14. The lowest BCUT2D eigenvalue weighted by atomic mass is 10.0. The van der Waals surface area contributed by atoms with Gasteiger partial charge in [-0.25, -0.2) is 4.79 Å². The van der Waals surface area contributed by atoms with Gasteiger partial charge >= 0.3 is 5.97 Å². The minimum Gasteiger partial charge on any atom is -0.465 e. The zero-order chi connectivity index (χ0) is 14.9. The number of rotatable bonds is 3. The number of nitrogens with one attached hydrogen (secondary N) is 1. The minimum absolute atomic E-state index is 0.410. The molecule has 0 fully saturated rings. The van der Waals surface area contributed by atoms with Gasteiger partial charge in [-0.1, -0.05) is 29.3 Å². The van der Waals surface area contributed by atoms with Crippen molar-refractivity contribution in [3.8, 4) is 11.1 Å². The number of H-pyrrole nitrogens is 1. The zero-order valence-electron chi connectivity index (χ0n) is 11.3. The second kappa shape index (κ2) is 5.77. The number of aromatic amines is 1. The van der Waals surface area contributed by atoms with Crippen molar-refractivity contribution in [2.75, 3.05) is 26.1 Å². The van der Waals surface area contributed by atoms with Gasteiger partial charge < -0.3 is 14.6 Å². The number of nitrogens with zero attached hydrogens (tertiary/aromatic N) is 1. The molecule has 0 aliphatic rings.